The van der Waals surface area contributed by atoms with Gasteiger partial charge in [-0.1, -0.05) is 12.1 Å². The maximum atomic E-state index is 8.76. The molecule has 1 aliphatic heterocycles. The molecule has 92 valence electrons. The van der Waals surface area contributed by atoms with Crippen molar-refractivity contribution in [2.75, 3.05) is 11.4 Å². The van der Waals surface area contributed by atoms with Crippen LogP contribution in [0.15, 0.2) is 17.5 Å². The summed E-state index contributed by atoms with van der Waals surface area (Å²) >= 11 is 0. The fourth-order valence-electron chi connectivity index (χ4n) is 2.31. The summed E-state index contributed by atoms with van der Waals surface area (Å²) in [5.74, 6) is 0.724. The van der Waals surface area contributed by atoms with Crippen molar-refractivity contribution in [1.29, 1.82) is 0 Å². The van der Waals surface area contributed by atoms with Crippen LogP contribution in [0.3, 0.4) is 0 Å². The molecule has 2 heterocycles. The van der Waals surface area contributed by atoms with E-state index < -0.39 is 0 Å². The molecule has 1 aliphatic rings. The van der Waals surface area contributed by atoms with Crippen molar-refractivity contribution in [3.05, 3.63) is 18.1 Å². The number of amidine groups is 1. The molecule has 0 bridgehead atoms. The van der Waals surface area contributed by atoms with E-state index in [9.17, 15) is 0 Å². The van der Waals surface area contributed by atoms with Gasteiger partial charge in [-0.25, -0.2) is 9.97 Å². The number of rotatable bonds is 3. The minimum Gasteiger partial charge on any atom is -0.409 e. The molecule has 0 amide bonds. The first kappa shape index (κ1) is 11.6. The Balaban J connectivity index is 2.38. The van der Waals surface area contributed by atoms with Gasteiger partial charge in [0.1, 0.15) is 0 Å². The normalized spacial score (nSPS) is 20.9. The third kappa shape index (κ3) is 2.15. The summed E-state index contributed by atoms with van der Waals surface area (Å²) in [6.45, 7) is 3.10. The molecule has 1 unspecified atom stereocenters. The molecule has 0 radical (unpaired) electrons. The van der Waals surface area contributed by atoms with Gasteiger partial charge in [-0.3, -0.25) is 0 Å². The summed E-state index contributed by atoms with van der Waals surface area (Å²) in [6, 6.07) is 0.469. The third-order valence-electron chi connectivity index (χ3n) is 3.15. The highest BCUT2D eigenvalue weighted by molar-refractivity contribution is 5.99. The highest BCUT2D eigenvalue weighted by atomic mass is 16.4. The highest BCUT2D eigenvalue weighted by Crippen LogP contribution is 2.27. The van der Waals surface area contributed by atoms with Crippen molar-refractivity contribution in [2.24, 2.45) is 10.9 Å². The number of nitrogens with zero attached hydrogens (tertiary/aromatic N) is 4. The van der Waals surface area contributed by atoms with Gasteiger partial charge in [0.15, 0.2) is 17.3 Å². The fourth-order valence-corrected chi connectivity index (χ4v) is 2.31. The zero-order chi connectivity index (χ0) is 12.3. The van der Waals surface area contributed by atoms with Crippen molar-refractivity contribution in [2.45, 2.75) is 32.2 Å². The first-order valence-electron chi connectivity index (χ1n) is 5.83. The molecule has 0 saturated carbocycles. The van der Waals surface area contributed by atoms with Crippen LogP contribution < -0.4 is 10.6 Å². The predicted octanol–water partition coefficient (Wildman–Crippen LogP) is 0.950. The van der Waals surface area contributed by atoms with Crippen molar-refractivity contribution in [1.82, 2.24) is 9.97 Å². The summed E-state index contributed by atoms with van der Waals surface area (Å²) in [5, 5.41) is 11.8. The molecule has 1 fully saturated rings. The molecular formula is C11H17N5O. The molecule has 0 aromatic carbocycles. The van der Waals surface area contributed by atoms with E-state index in [4.69, 9.17) is 10.9 Å². The molecule has 3 N–H and O–H groups in total. The highest BCUT2D eigenvalue weighted by Gasteiger charge is 2.27. The second kappa shape index (κ2) is 4.99. The van der Waals surface area contributed by atoms with Crippen LogP contribution in [0, 0.1) is 0 Å². The van der Waals surface area contributed by atoms with Gasteiger partial charge in [-0.2, -0.15) is 0 Å². The molecule has 0 aliphatic carbocycles. The number of oxime groups is 1. The lowest BCUT2D eigenvalue weighted by Gasteiger charge is -2.25. The van der Waals surface area contributed by atoms with E-state index in [0.29, 0.717) is 17.6 Å². The molecule has 1 aromatic rings. The van der Waals surface area contributed by atoms with Crippen molar-refractivity contribution < 1.29 is 5.21 Å². The number of anilines is 1. The lowest BCUT2D eigenvalue weighted by molar-refractivity contribution is 0.318. The zero-order valence-corrected chi connectivity index (χ0v) is 9.87. The summed E-state index contributed by atoms with van der Waals surface area (Å²) in [4.78, 5) is 10.7. The molecule has 1 atom stereocenters. The maximum absolute atomic E-state index is 8.76. The van der Waals surface area contributed by atoms with Gasteiger partial charge in [0.25, 0.3) is 0 Å². The van der Waals surface area contributed by atoms with Crippen LogP contribution in [0.2, 0.25) is 0 Å². The molecule has 1 saturated heterocycles. The van der Waals surface area contributed by atoms with E-state index in [1.807, 2.05) is 0 Å². The van der Waals surface area contributed by atoms with Gasteiger partial charge < -0.3 is 15.8 Å². The monoisotopic (exact) mass is 235 g/mol. The van der Waals surface area contributed by atoms with E-state index >= 15 is 0 Å². The number of nitrogens with two attached hydrogens (primary N) is 1. The van der Waals surface area contributed by atoms with Crippen LogP contribution in [0.4, 0.5) is 5.82 Å². The fraction of sp³-hybridized carbons (Fsp3) is 0.545. The van der Waals surface area contributed by atoms with Crippen LogP contribution in [-0.4, -0.2) is 33.6 Å². The van der Waals surface area contributed by atoms with Gasteiger partial charge in [0, 0.05) is 25.0 Å². The summed E-state index contributed by atoms with van der Waals surface area (Å²) < 4.78 is 0. The lowest BCUT2D eigenvalue weighted by Crippen LogP contribution is -2.32. The van der Waals surface area contributed by atoms with Crippen LogP contribution in [0.25, 0.3) is 0 Å². The number of hydrogen-bond acceptors (Lipinski definition) is 5. The second-order valence-electron chi connectivity index (χ2n) is 4.11. The Labute approximate surface area is 100 Å². The Hall–Kier alpha value is -1.85. The van der Waals surface area contributed by atoms with E-state index in [1.165, 1.54) is 0 Å². The van der Waals surface area contributed by atoms with Gasteiger partial charge in [0.05, 0.1) is 0 Å². The zero-order valence-electron chi connectivity index (χ0n) is 9.87. The van der Waals surface area contributed by atoms with Gasteiger partial charge >= 0.3 is 0 Å². The Kier molecular flexibility index (Phi) is 3.41. The lowest BCUT2D eigenvalue weighted by atomic mass is 10.1. The van der Waals surface area contributed by atoms with Gasteiger partial charge in [-0.15, -0.1) is 0 Å². The van der Waals surface area contributed by atoms with Crippen molar-refractivity contribution >= 4 is 11.7 Å². The smallest absolute Gasteiger partial charge is 0.192 e. The molecule has 6 heteroatoms. The second-order valence-corrected chi connectivity index (χ2v) is 4.11. The Morgan fingerprint density at radius 3 is 3.06 bits per heavy atom. The first-order valence-corrected chi connectivity index (χ1v) is 5.83. The number of aromatic nitrogens is 2. The van der Waals surface area contributed by atoms with Gasteiger partial charge in [-0.05, 0) is 19.3 Å². The van der Waals surface area contributed by atoms with Crippen LogP contribution >= 0.6 is 0 Å². The Bertz CT molecular complexity index is 420. The average Bonchev–Trinajstić information content (AvgIpc) is 2.86. The summed E-state index contributed by atoms with van der Waals surface area (Å²) in [7, 11) is 0. The molecule has 0 spiro atoms. The van der Waals surface area contributed by atoms with E-state index in [-0.39, 0.29) is 5.84 Å². The SMILES string of the molecule is CCC1CCCN1c1nccnc1C(N)=NO. The van der Waals surface area contributed by atoms with Crippen LogP contribution in [0.5, 0.6) is 0 Å². The van der Waals surface area contributed by atoms with Crippen molar-refractivity contribution in [3.8, 4) is 0 Å². The minimum absolute atomic E-state index is 0.00912. The molecular weight excluding hydrogens is 218 g/mol. The van der Waals surface area contributed by atoms with E-state index in [2.05, 4.69) is 26.9 Å². The third-order valence-corrected chi connectivity index (χ3v) is 3.15. The Morgan fingerprint density at radius 2 is 2.35 bits per heavy atom. The predicted molar refractivity (Wildman–Crippen MR) is 65.2 cm³/mol. The summed E-state index contributed by atoms with van der Waals surface area (Å²) in [6.07, 6.45) is 6.54. The van der Waals surface area contributed by atoms with Gasteiger partial charge in [0.2, 0.25) is 0 Å². The quantitative estimate of drug-likeness (QED) is 0.352. The largest absolute Gasteiger partial charge is 0.409 e. The van der Waals surface area contributed by atoms with Crippen LogP contribution in [0.1, 0.15) is 31.9 Å². The van der Waals surface area contributed by atoms with Crippen molar-refractivity contribution in [3.63, 3.8) is 0 Å². The topological polar surface area (TPSA) is 87.6 Å². The standard InChI is InChI=1S/C11H17N5O/c1-2-8-4-3-7-16(8)11-9(10(12)15-17)13-5-6-14-11/h5-6,8,17H,2-4,7H2,1H3,(H2,12,15). The van der Waals surface area contributed by atoms with E-state index in [1.54, 1.807) is 12.4 Å². The number of hydrogen-bond donors (Lipinski definition) is 2. The van der Waals surface area contributed by atoms with E-state index in [0.717, 1.165) is 25.8 Å². The minimum atomic E-state index is 0.00912. The molecule has 6 nitrogen and oxygen atoms in total. The molecule has 17 heavy (non-hydrogen) atoms. The Morgan fingerprint density at radius 1 is 1.59 bits per heavy atom. The first-order chi connectivity index (χ1) is 8.27. The average molecular weight is 235 g/mol. The van der Waals surface area contributed by atoms with Crippen LogP contribution in [-0.2, 0) is 0 Å². The molecule has 2 rings (SSSR count). The summed E-state index contributed by atoms with van der Waals surface area (Å²) in [5.41, 5.74) is 6.07. The maximum Gasteiger partial charge on any atom is 0.192 e. The molecule has 1 aromatic heterocycles.